The van der Waals surface area contributed by atoms with Gasteiger partial charge in [0.25, 0.3) is 0 Å². The number of aryl methyl sites for hydroxylation is 1. The quantitative estimate of drug-likeness (QED) is 0.791. The van der Waals surface area contributed by atoms with E-state index in [-0.39, 0.29) is 0 Å². The lowest BCUT2D eigenvalue weighted by Gasteiger charge is -2.12. The maximum Gasteiger partial charge on any atom is 0.0934 e. The molecule has 1 atom stereocenters. The van der Waals surface area contributed by atoms with Crippen LogP contribution in [0.2, 0.25) is 4.34 Å². The number of hydrogen-bond donors (Lipinski definition) is 1. The number of rotatable bonds is 6. The van der Waals surface area contributed by atoms with Gasteiger partial charge in [0.15, 0.2) is 0 Å². The molecule has 0 spiro atoms. The average molecular weight is 260 g/mol. The van der Waals surface area contributed by atoms with E-state index in [4.69, 9.17) is 16.3 Å². The molecule has 0 fully saturated rings. The van der Waals surface area contributed by atoms with Gasteiger partial charge in [-0.05, 0) is 44.4 Å². The fourth-order valence-electron chi connectivity index (χ4n) is 2.14. The van der Waals surface area contributed by atoms with Gasteiger partial charge in [-0.25, -0.2) is 0 Å². The zero-order valence-electron chi connectivity index (χ0n) is 9.59. The molecular formula is C12H18ClNOS. The Hall–Kier alpha value is -0.0900. The SMILES string of the molecule is CCOCCCNC1CCc2sc(Cl)cc21. The highest BCUT2D eigenvalue weighted by molar-refractivity contribution is 7.16. The van der Waals surface area contributed by atoms with Gasteiger partial charge >= 0.3 is 0 Å². The number of fused-ring (bicyclic) bond motifs is 1. The van der Waals surface area contributed by atoms with E-state index in [0.717, 1.165) is 30.5 Å². The number of nitrogens with one attached hydrogen (secondary N) is 1. The summed E-state index contributed by atoms with van der Waals surface area (Å²) in [5.41, 5.74) is 1.42. The molecule has 1 unspecified atom stereocenters. The van der Waals surface area contributed by atoms with Gasteiger partial charge in [0.2, 0.25) is 0 Å². The first-order valence-corrected chi connectivity index (χ1v) is 7.10. The lowest BCUT2D eigenvalue weighted by Crippen LogP contribution is -2.21. The van der Waals surface area contributed by atoms with E-state index in [1.165, 1.54) is 23.3 Å². The fraction of sp³-hybridized carbons (Fsp3) is 0.667. The van der Waals surface area contributed by atoms with Gasteiger partial charge in [0.05, 0.1) is 4.34 Å². The number of thiophene rings is 1. The van der Waals surface area contributed by atoms with Crippen LogP contribution in [0.3, 0.4) is 0 Å². The van der Waals surface area contributed by atoms with Gasteiger partial charge < -0.3 is 10.1 Å². The second kappa shape index (κ2) is 6.01. The van der Waals surface area contributed by atoms with Crippen molar-refractivity contribution >= 4 is 22.9 Å². The number of halogens is 1. The summed E-state index contributed by atoms with van der Waals surface area (Å²) in [4.78, 5) is 1.47. The van der Waals surface area contributed by atoms with Crippen molar-refractivity contribution in [3.05, 3.63) is 20.8 Å². The van der Waals surface area contributed by atoms with Crippen molar-refractivity contribution in [1.82, 2.24) is 5.32 Å². The molecule has 1 aromatic rings. The molecule has 1 N–H and O–H groups in total. The Morgan fingerprint density at radius 3 is 3.31 bits per heavy atom. The minimum absolute atomic E-state index is 0.514. The first kappa shape index (κ1) is 12.4. The molecule has 0 radical (unpaired) electrons. The van der Waals surface area contributed by atoms with Crippen LogP contribution in [-0.4, -0.2) is 19.8 Å². The van der Waals surface area contributed by atoms with Crippen LogP contribution in [-0.2, 0) is 11.2 Å². The second-order valence-corrected chi connectivity index (χ2v) is 5.79. The van der Waals surface area contributed by atoms with Crippen molar-refractivity contribution in [2.24, 2.45) is 0 Å². The molecule has 2 rings (SSSR count). The monoisotopic (exact) mass is 259 g/mol. The van der Waals surface area contributed by atoms with Crippen LogP contribution < -0.4 is 5.32 Å². The van der Waals surface area contributed by atoms with E-state index in [1.54, 1.807) is 11.3 Å². The molecule has 1 aromatic heterocycles. The standard InChI is InChI=1S/C12H18ClNOS/c1-2-15-7-3-6-14-10-4-5-11-9(10)8-12(13)16-11/h8,10,14H,2-7H2,1H3. The normalized spacial score (nSPS) is 19.0. The molecule has 1 aliphatic rings. The topological polar surface area (TPSA) is 21.3 Å². The molecule has 2 nitrogen and oxygen atoms in total. The highest BCUT2D eigenvalue weighted by Gasteiger charge is 2.24. The van der Waals surface area contributed by atoms with Gasteiger partial charge in [-0.1, -0.05) is 11.6 Å². The largest absolute Gasteiger partial charge is 0.382 e. The molecule has 1 heterocycles. The van der Waals surface area contributed by atoms with Crippen LogP contribution >= 0.6 is 22.9 Å². The molecule has 0 amide bonds. The summed E-state index contributed by atoms with van der Waals surface area (Å²) in [5, 5.41) is 3.58. The minimum Gasteiger partial charge on any atom is -0.382 e. The molecule has 16 heavy (non-hydrogen) atoms. The highest BCUT2D eigenvalue weighted by Crippen LogP contribution is 2.39. The third-order valence-electron chi connectivity index (χ3n) is 2.91. The average Bonchev–Trinajstić information content (AvgIpc) is 2.78. The summed E-state index contributed by atoms with van der Waals surface area (Å²) < 4.78 is 6.23. The second-order valence-electron chi connectivity index (χ2n) is 4.02. The summed E-state index contributed by atoms with van der Waals surface area (Å²) in [5.74, 6) is 0. The van der Waals surface area contributed by atoms with E-state index in [9.17, 15) is 0 Å². The van der Waals surface area contributed by atoms with E-state index in [2.05, 4.69) is 11.4 Å². The first-order chi connectivity index (χ1) is 7.81. The van der Waals surface area contributed by atoms with Crippen LogP contribution in [0, 0.1) is 0 Å². The van der Waals surface area contributed by atoms with Gasteiger partial charge in [-0.3, -0.25) is 0 Å². The lowest BCUT2D eigenvalue weighted by atomic mass is 10.2. The summed E-state index contributed by atoms with van der Waals surface area (Å²) in [7, 11) is 0. The van der Waals surface area contributed by atoms with Crippen LogP contribution in [0.15, 0.2) is 6.07 Å². The minimum atomic E-state index is 0.514. The van der Waals surface area contributed by atoms with E-state index in [0.29, 0.717) is 6.04 Å². The molecule has 0 bridgehead atoms. The van der Waals surface area contributed by atoms with Crippen molar-refractivity contribution < 1.29 is 4.74 Å². The highest BCUT2D eigenvalue weighted by atomic mass is 35.5. The molecule has 90 valence electrons. The zero-order chi connectivity index (χ0) is 11.4. The Morgan fingerprint density at radius 2 is 2.50 bits per heavy atom. The van der Waals surface area contributed by atoms with Crippen molar-refractivity contribution in [1.29, 1.82) is 0 Å². The van der Waals surface area contributed by atoms with Crippen molar-refractivity contribution in [2.45, 2.75) is 32.2 Å². The van der Waals surface area contributed by atoms with Crippen molar-refractivity contribution in [2.75, 3.05) is 19.8 Å². The van der Waals surface area contributed by atoms with E-state index < -0.39 is 0 Å². The summed E-state index contributed by atoms with van der Waals surface area (Å²) >= 11 is 7.75. The molecular weight excluding hydrogens is 242 g/mol. The molecule has 0 aliphatic heterocycles. The first-order valence-electron chi connectivity index (χ1n) is 5.90. The van der Waals surface area contributed by atoms with Crippen LogP contribution in [0.5, 0.6) is 0 Å². The van der Waals surface area contributed by atoms with Gasteiger partial charge in [-0.15, -0.1) is 11.3 Å². The number of ether oxygens (including phenoxy) is 1. The Balaban J connectivity index is 1.75. The molecule has 0 saturated heterocycles. The maximum absolute atomic E-state index is 6.02. The summed E-state index contributed by atoms with van der Waals surface area (Å²) in [6.45, 7) is 4.72. The fourth-order valence-corrected chi connectivity index (χ4v) is 3.49. The Kier molecular flexibility index (Phi) is 4.65. The van der Waals surface area contributed by atoms with Gasteiger partial charge in [0, 0.05) is 24.1 Å². The molecule has 4 heteroatoms. The third-order valence-corrected chi connectivity index (χ3v) is 4.25. The third kappa shape index (κ3) is 2.98. The molecule has 1 aliphatic carbocycles. The maximum atomic E-state index is 6.02. The van der Waals surface area contributed by atoms with Crippen LogP contribution in [0.1, 0.15) is 36.2 Å². The molecule has 0 saturated carbocycles. The van der Waals surface area contributed by atoms with Crippen molar-refractivity contribution in [3.8, 4) is 0 Å². The molecule has 0 aromatic carbocycles. The van der Waals surface area contributed by atoms with E-state index >= 15 is 0 Å². The Labute approximate surface area is 106 Å². The van der Waals surface area contributed by atoms with Crippen molar-refractivity contribution in [3.63, 3.8) is 0 Å². The Bertz CT molecular complexity index is 340. The smallest absolute Gasteiger partial charge is 0.0934 e. The summed E-state index contributed by atoms with van der Waals surface area (Å²) in [6.07, 6.45) is 3.47. The van der Waals surface area contributed by atoms with E-state index in [1.807, 2.05) is 6.92 Å². The lowest BCUT2D eigenvalue weighted by molar-refractivity contribution is 0.144. The van der Waals surface area contributed by atoms with Crippen LogP contribution in [0.4, 0.5) is 0 Å². The predicted molar refractivity (Wildman–Crippen MR) is 69.5 cm³/mol. The summed E-state index contributed by atoms with van der Waals surface area (Å²) in [6, 6.07) is 2.63. The Morgan fingerprint density at radius 1 is 1.62 bits per heavy atom. The predicted octanol–water partition coefficient (Wildman–Crippen LogP) is 3.41. The number of hydrogen-bond acceptors (Lipinski definition) is 3. The zero-order valence-corrected chi connectivity index (χ0v) is 11.2. The van der Waals surface area contributed by atoms with Gasteiger partial charge in [0.1, 0.15) is 0 Å². The van der Waals surface area contributed by atoms with Crippen LogP contribution in [0.25, 0.3) is 0 Å². The van der Waals surface area contributed by atoms with Gasteiger partial charge in [-0.2, -0.15) is 0 Å².